The molecule has 0 aliphatic rings. The summed E-state index contributed by atoms with van der Waals surface area (Å²) >= 11 is 5.47. The smallest absolute Gasteiger partial charge is 0.0743 e. The lowest BCUT2D eigenvalue weighted by Crippen LogP contribution is -2.38. The van der Waals surface area contributed by atoms with Crippen molar-refractivity contribution in [3.8, 4) is 12.3 Å². The van der Waals surface area contributed by atoms with Crippen LogP contribution in [0.25, 0.3) is 0 Å². The van der Waals surface area contributed by atoms with Crippen molar-refractivity contribution in [1.82, 2.24) is 5.32 Å². The molecule has 0 saturated carbocycles. The second kappa shape index (κ2) is 4.43. The number of terminal acetylenes is 1. The van der Waals surface area contributed by atoms with E-state index in [-0.39, 0.29) is 5.54 Å². The van der Waals surface area contributed by atoms with Crippen LogP contribution in [0.3, 0.4) is 0 Å². The molecular formula is C9H14ClN. The van der Waals surface area contributed by atoms with E-state index in [1.807, 2.05) is 20.8 Å². The minimum atomic E-state index is -0.249. The highest BCUT2D eigenvalue weighted by Gasteiger charge is 2.11. The van der Waals surface area contributed by atoms with Crippen molar-refractivity contribution >= 4 is 11.6 Å². The van der Waals surface area contributed by atoms with Gasteiger partial charge in [-0.1, -0.05) is 17.5 Å². The van der Waals surface area contributed by atoms with E-state index >= 15 is 0 Å². The molecule has 0 saturated heterocycles. The highest BCUT2D eigenvalue weighted by molar-refractivity contribution is 6.25. The van der Waals surface area contributed by atoms with E-state index in [4.69, 9.17) is 18.0 Å². The third kappa shape index (κ3) is 4.89. The van der Waals surface area contributed by atoms with Crippen molar-refractivity contribution < 1.29 is 0 Å². The Morgan fingerprint density at radius 2 is 2.27 bits per heavy atom. The van der Waals surface area contributed by atoms with E-state index < -0.39 is 0 Å². The summed E-state index contributed by atoms with van der Waals surface area (Å²) in [5, 5.41) is 3.17. The molecule has 0 aliphatic heterocycles. The van der Waals surface area contributed by atoms with Gasteiger partial charge >= 0.3 is 0 Å². The van der Waals surface area contributed by atoms with E-state index in [9.17, 15) is 0 Å². The van der Waals surface area contributed by atoms with Gasteiger partial charge < -0.3 is 0 Å². The van der Waals surface area contributed by atoms with Gasteiger partial charge in [-0.05, 0) is 26.3 Å². The van der Waals surface area contributed by atoms with E-state index in [1.165, 1.54) is 0 Å². The van der Waals surface area contributed by atoms with Crippen molar-refractivity contribution in [2.45, 2.75) is 26.3 Å². The predicted molar refractivity (Wildman–Crippen MR) is 50.5 cm³/mol. The van der Waals surface area contributed by atoms with E-state index in [0.29, 0.717) is 0 Å². The third-order valence-corrected chi connectivity index (χ3v) is 1.73. The van der Waals surface area contributed by atoms with Crippen molar-refractivity contribution in [3.05, 3.63) is 11.1 Å². The van der Waals surface area contributed by atoms with Gasteiger partial charge in [0.2, 0.25) is 0 Å². The van der Waals surface area contributed by atoms with Crippen molar-refractivity contribution in [2.24, 2.45) is 0 Å². The lowest BCUT2D eigenvalue weighted by atomic mass is 10.1. The zero-order valence-electron chi connectivity index (χ0n) is 7.24. The zero-order valence-corrected chi connectivity index (χ0v) is 8.00. The molecule has 0 aromatic rings. The Morgan fingerprint density at radius 3 is 2.64 bits per heavy atom. The first kappa shape index (κ1) is 10.6. The molecule has 0 radical (unpaired) electrons. The van der Waals surface area contributed by atoms with Gasteiger partial charge in [0.1, 0.15) is 0 Å². The SMILES string of the molecule is C#CC(C)(C)NC/C(C)=C/Cl. The lowest BCUT2D eigenvalue weighted by molar-refractivity contribution is 0.516. The number of nitrogens with one attached hydrogen (secondary N) is 1. The van der Waals surface area contributed by atoms with Crippen molar-refractivity contribution in [1.29, 1.82) is 0 Å². The quantitative estimate of drug-likeness (QED) is 0.642. The zero-order chi connectivity index (χ0) is 8.91. The summed E-state index contributed by atoms with van der Waals surface area (Å²) in [6.45, 7) is 6.59. The van der Waals surface area contributed by atoms with Gasteiger partial charge in [0, 0.05) is 12.1 Å². The maximum Gasteiger partial charge on any atom is 0.0743 e. The van der Waals surface area contributed by atoms with E-state index in [2.05, 4.69) is 11.2 Å². The first-order valence-electron chi connectivity index (χ1n) is 3.50. The topological polar surface area (TPSA) is 12.0 Å². The van der Waals surface area contributed by atoms with Crippen LogP contribution in [0.4, 0.5) is 0 Å². The highest BCUT2D eigenvalue weighted by Crippen LogP contribution is 2.01. The summed E-state index contributed by atoms with van der Waals surface area (Å²) in [7, 11) is 0. The van der Waals surface area contributed by atoms with Gasteiger partial charge in [-0.15, -0.1) is 6.42 Å². The molecule has 0 amide bonds. The lowest BCUT2D eigenvalue weighted by Gasteiger charge is -2.19. The second-order valence-corrected chi connectivity index (χ2v) is 3.30. The molecule has 0 spiro atoms. The molecule has 0 heterocycles. The monoisotopic (exact) mass is 171 g/mol. The molecule has 0 bridgehead atoms. The molecule has 11 heavy (non-hydrogen) atoms. The van der Waals surface area contributed by atoms with Crippen LogP contribution in [0, 0.1) is 12.3 Å². The standard InChI is InChI=1S/C9H14ClN/c1-5-9(3,4)11-7-8(2)6-10/h1,6,11H,7H2,2-4H3/b8-6+. The molecule has 0 fully saturated rings. The molecule has 1 nitrogen and oxygen atoms in total. The number of hydrogen-bond acceptors (Lipinski definition) is 1. The number of rotatable bonds is 3. The summed E-state index contributed by atoms with van der Waals surface area (Å²) < 4.78 is 0. The summed E-state index contributed by atoms with van der Waals surface area (Å²) in [5.41, 5.74) is 2.39. The van der Waals surface area contributed by atoms with Crippen molar-refractivity contribution in [3.63, 3.8) is 0 Å². The molecule has 0 atom stereocenters. The molecule has 0 aliphatic carbocycles. The van der Waals surface area contributed by atoms with Gasteiger partial charge in [0.25, 0.3) is 0 Å². The van der Waals surface area contributed by atoms with Crippen LogP contribution >= 0.6 is 11.6 Å². The van der Waals surface area contributed by atoms with Gasteiger partial charge in [0.05, 0.1) is 5.54 Å². The van der Waals surface area contributed by atoms with Crippen LogP contribution in [0.5, 0.6) is 0 Å². The maximum atomic E-state index is 5.47. The molecule has 0 unspecified atom stereocenters. The van der Waals surface area contributed by atoms with Gasteiger partial charge in [0.15, 0.2) is 0 Å². The fourth-order valence-electron chi connectivity index (χ4n) is 0.450. The first-order chi connectivity index (χ1) is 5.02. The van der Waals surface area contributed by atoms with Gasteiger partial charge in [-0.3, -0.25) is 5.32 Å². The Balaban J connectivity index is 3.82. The summed E-state index contributed by atoms with van der Waals surface area (Å²) in [5.74, 6) is 2.64. The Hall–Kier alpha value is -0.450. The summed E-state index contributed by atoms with van der Waals surface area (Å²) in [6, 6.07) is 0. The number of hydrogen-bond donors (Lipinski definition) is 1. The molecule has 0 aromatic carbocycles. The fraction of sp³-hybridized carbons (Fsp3) is 0.556. The number of halogens is 1. The average Bonchev–Trinajstić information content (AvgIpc) is 2.00. The van der Waals surface area contributed by atoms with Crippen LogP contribution in [0.1, 0.15) is 20.8 Å². The largest absolute Gasteiger partial charge is 0.298 e. The Kier molecular flexibility index (Phi) is 4.25. The van der Waals surface area contributed by atoms with Gasteiger partial charge in [-0.25, -0.2) is 0 Å². The molecule has 62 valence electrons. The van der Waals surface area contributed by atoms with Crippen molar-refractivity contribution in [2.75, 3.05) is 6.54 Å². The Bertz CT molecular complexity index is 186. The predicted octanol–water partition coefficient (Wildman–Crippen LogP) is 2.13. The minimum absolute atomic E-state index is 0.249. The maximum absolute atomic E-state index is 5.47. The highest BCUT2D eigenvalue weighted by atomic mass is 35.5. The molecule has 1 N–H and O–H groups in total. The fourth-order valence-corrected chi connectivity index (χ4v) is 0.527. The molecule has 0 rings (SSSR count). The Morgan fingerprint density at radius 1 is 1.73 bits per heavy atom. The minimum Gasteiger partial charge on any atom is -0.298 e. The molecule has 2 heteroatoms. The second-order valence-electron chi connectivity index (χ2n) is 3.08. The molecule has 0 aromatic heterocycles. The normalized spacial score (nSPS) is 12.8. The van der Waals surface area contributed by atoms with Crippen LogP contribution in [-0.4, -0.2) is 12.1 Å². The average molecular weight is 172 g/mol. The Labute approximate surface area is 73.8 Å². The molecular weight excluding hydrogens is 158 g/mol. The first-order valence-corrected chi connectivity index (χ1v) is 3.94. The van der Waals surface area contributed by atoms with Crippen LogP contribution in [0.15, 0.2) is 11.1 Å². The summed E-state index contributed by atoms with van der Waals surface area (Å²) in [4.78, 5) is 0. The van der Waals surface area contributed by atoms with Crippen LogP contribution in [-0.2, 0) is 0 Å². The van der Waals surface area contributed by atoms with E-state index in [0.717, 1.165) is 12.1 Å². The summed E-state index contributed by atoms with van der Waals surface area (Å²) in [6.07, 6.45) is 5.27. The van der Waals surface area contributed by atoms with E-state index in [1.54, 1.807) is 5.54 Å². The van der Waals surface area contributed by atoms with Crippen LogP contribution < -0.4 is 5.32 Å². The van der Waals surface area contributed by atoms with Gasteiger partial charge in [-0.2, -0.15) is 0 Å². The van der Waals surface area contributed by atoms with Crippen LogP contribution in [0.2, 0.25) is 0 Å². The third-order valence-electron chi connectivity index (χ3n) is 1.36.